The number of benzene rings is 5. The molecule has 2 amide bonds. The molecule has 1 aliphatic rings. The Morgan fingerprint density at radius 2 is 1.67 bits per heavy atom. The molecule has 0 saturated heterocycles. The molecule has 0 unspecified atom stereocenters. The fourth-order valence-corrected chi connectivity index (χ4v) is 6.87. The Morgan fingerprint density at radius 3 is 2.44 bits per heavy atom. The van der Waals surface area contributed by atoms with Crippen LogP contribution in [-0.4, -0.2) is 44.7 Å². The summed E-state index contributed by atoms with van der Waals surface area (Å²) in [5.41, 5.74) is 3.17. The average molecular weight is 789 g/mol. The minimum atomic E-state index is -1.17. The van der Waals surface area contributed by atoms with Crippen LogP contribution in [0.25, 0.3) is 10.8 Å². The molecule has 1 heterocycles. The van der Waals surface area contributed by atoms with E-state index in [1.54, 1.807) is 42.3 Å². The molecule has 0 fully saturated rings. The third kappa shape index (κ3) is 10.6. The summed E-state index contributed by atoms with van der Waals surface area (Å²) in [4.78, 5) is 29.4. The maximum atomic E-state index is 14.4. The van der Waals surface area contributed by atoms with Gasteiger partial charge in [-0.05, 0) is 71.1 Å². The van der Waals surface area contributed by atoms with Gasteiger partial charge in [-0.1, -0.05) is 99.1 Å². The number of fused-ring (bicyclic) bond motifs is 2. The molecule has 6 rings (SSSR count). The van der Waals surface area contributed by atoms with Crippen LogP contribution >= 0.6 is 24.0 Å². The minimum absolute atomic E-state index is 0. The lowest BCUT2D eigenvalue weighted by molar-refractivity contribution is -0.138. The molecule has 0 saturated carbocycles. The van der Waals surface area contributed by atoms with E-state index in [-0.39, 0.29) is 36.7 Å². The van der Waals surface area contributed by atoms with Gasteiger partial charge in [-0.2, -0.15) is 0 Å². The first kappa shape index (κ1) is 41.5. The van der Waals surface area contributed by atoms with Crippen molar-refractivity contribution in [3.63, 3.8) is 0 Å². The molecular weight excluding hydrogens is 740 g/mol. The summed E-state index contributed by atoms with van der Waals surface area (Å²) >= 11 is 6.60. The number of carbonyl (C=O) groups excluding carboxylic acids is 2. The van der Waals surface area contributed by atoms with E-state index in [0.717, 1.165) is 19.5 Å². The highest BCUT2D eigenvalue weighted by molar-refractivity contribution is 6.30. The van der Waals surface area contributed by atoms with E-state index < -0.39 is 23.9 Å². The van der Waals surface area contributed by atoms with Crippen LogP contribution in [0.1, 0.15) is 62.0 Å². The van der Waals surface area contributed by atoms with Crippen LogP contribution in [0.2, 0.25) is 5.02 Å². The van der Waals surface area contributed by atoms with Gasteiger partial charge in [0.1, 0.15) is 18.0 Å². The van der Waals surface area contributed by atoms with Gasteiger partial charge >= 0.3 is 0 Å². The molecule has 0 bridgehead atoms. The summed E-state index contributed by atoms with van der Waals surface area (Å²) in [5.74, 6) is -0.252. The van der Waals surface area contributed by atoms with Crippen LogP contribution in [0.4, 0.5) is 10.1 Å². The topological polar surface area (TPSA) is 89.1 Å². The molecule has 290 valence electrons. The number of nitrogens with zero attached hydrogens (tertiary/aromatic N) is 1. The van der Waals surface area contributed by atoms with Gasteiger partial charge in [-0.15, -0.1) is 12.4 Å². The summed E-state index contributed by atoms with van der Waals surface area (Å²) in [6.07, 6.45) is -1.55. The van der Waals surface area contributed by atoms with Crippen LogP contribution in [0, 0.1) is 11.2 Å². The molecule has 1 aliphatic heterocycles. The molecule has 2 atom stereocenters. The second kappa shape index (κ2) is 18.8. The van der Waals surface area contributed by atoms with E-state index in [1.807, 2.05) is 57.2 Å². The lowest BCUT2D eigenvalue weighted by Gasteiger charge is -2.31. The number of hydrogen-bond acceptors (Lipinski definition) is 6. The number of nitrogens with one attached hydrogen (secondary N) is 2. The normalized spacial score (nSPS) is 15.5. The second-order valence-electron chi connectivity index (χ2n) is 14.7. The Bertz CT molecular complexity index is 2110. The predicted octanol–water partition coefficient (Wildman–Crippen LogP) is 9.20. The molecule has 8 nitrogen and oxygen atoms in total. The summed E-state index contributed by atoms with van der Waals surface area (Å²) < 4.78 is 33.2. The maximum Gasteiger partial charge on any atom is 0.256 e. The largest absolute Gasteiger partial charge is 0.492 e. The Morgan fingerprint density at radius 1 is 0.909 bits per heavy atom. The highest BCUT2D eigenvalue weighted by Crippen LogP contribution is 2.45. The van der Waals surface area contributed by atoms with Gasteiger partial charge in [0.05, 0.1) is 20.1 Å². The Kier molecular flexibility index (Phi) is 14.2. The third-order valence-electron chi connectivity index (χ3n) is 9.24. The molecule has 0 aromatic heterocycles. The lowest BCUT2D eigenvalue weighted by Crippen LogP contribution is -2.45. The third-order valence-corrected chi connectivity index (χ3v) is 9.47. The van der Waals surface area contributed by atoms with Gasteiger partial charge < -0.3 is 29.7 Å². The van der Waals surface area contributed by atoms with Gasteiger partial charge in [0.2, 0.25) is 5.91 Å². The SMILES string of the molecule is COc1c(OCCCNCc2ccc3ccccc3c2)cccc1[C@H]1O[C@H](CC(=O)NCc2ccccc2F)C(=O)N(CC(C)(C)C)c2ccc(Cl)cc21.Cl. The Balaban J connectivity index is 0.00000580. The van der Waals surface area contributed by atoms with Gasteiger partial charge in [-0.25, -0.2) is 4.39 Å². The van der Waals surface area contributed by atoms with E-state index in [9.17, 15) is 14.0 Å². The summed E-state index contributed by atoms with van der Waals surface area (Å²) in [6.45, 7) is 8.38. The average Bonchev–Trinajstić information content (AvgIpc) is 3.25. The predicted molar refractivity (Wildman–Crippen MR) is 219 cm³/mol. The van der Waals surface area contributed by atoms with E-state index in [0.29, 0.717) is 52.1 Å². The van der Waals surface area contributed by atoms with Crippen LogP contribution in [-0.2, 0) is 27.4 Å². The number of amides is 2. The number of para-hydroxylation sites is 1. The van der Waals surface area contributed by atoms with E-state index >= 15 is 0 Å². The quantitative estimate of drug-likeness (QED) is 0.109. The monoisotopic (exact) mass is 787 g/mol. The lowest BCUT2D eigenvalue weighted by atomic mass is 9.94. The van der Waals surface area contributed by atoms with Crippen molar-refractivity contribution < 1.29 is 28.2 Å². The van der Waals surface area contributed by atoms with Crippen LogP contribution in [0.5, 0.6) is 11.5 Å². The fourth-order valence-electron chi connectivity index (χ4n) is 6.69. The first-order valence-electron chi connectivity index (χ1n) is 18.3. The van der Waals surface area contributed by atoms with Crippen molar-refractivity contribution in [1.29, 1.82) is 0 Å². The van der Waals surface area contributed by atoms with Crippen molar-refractivity contribution in [3.05, 3.63) is 136 Å². The Labute approximate surface area is 333 Å². The van der Waals surface area contributed by atoms with Gasteiger partial charge in [-0.3, -0.25) is 9.59 Å². The number of ether oxygens (including phenoxy) is 3. The molecule has 55 heavy (non-hydrogen) atoms. The molecule has 5 aromatic carbocycles. The number of rotatable bonds is 14. The molecule has 0 radical (unpaired) electrons. The number of methoxy groups -OCH3 is 1. The van der Waals surface area contributed by atoms with E-state index in [2.05, 4.69) is 41.0 Å². The highest BCUT2D eigenvalue weighted by atomic mass is 35.5. The Hall–Kier alpha value is -4.67. The van der Waals surface area contributed by atoms with Crippen molar-refractivity contribution >= 4 is 52.3 Å². The van der Waals surface area contributed by atoms with Crippen molar-refractivity contribution in [2.45, 2.75) is 58.9 Å². The number of hydrogen-bond donors (Lipinski definition) is 2. The molecule has 0 aliphatic carbocycles. The zero-order valence-electron chi connectivity index (χ0n) is 31.6. The minimum Gasteiger partial charge on any atom is -0.492 e. The van der Waals surface area contributed by atoms with Gasteiger partial charge in [0.15, 0.2) is 11.5 Å². The van der Waals surface area contributed by atoms with Gasteiger partial charge in [0, 0.05) is 47.0 Å². The van der Waals surface area contributed by atoms with E-state index in [4.69, 9.17) is 25.8 Å². The molecular formula is C44H48Cl2FN3O5. The van der Waals surface area contributed by atoms with Crippen LogP contribution < -0.4 is 25.0 Å². The van der Waals surface area contributed by atoms with Gasteiger partial charge in [0.25, 0.3) is 5.91 Å². The summed E-state index contributed by atoms with van der Waals surface area (Å²) in [5, 5.41) is 9.17. The number of carbonyl (C=O) groups is 2. The van der Waals surface area contributed by atoms with E-state index in [1.165, 1.54) is 22.4 Å². The van der Waals surface area contributed by atoms with Crippen LogP contribution in [0.3, 0.4) is 0 Å². The maximum absolute atomic E-state index is 14.4. The number of halogens is 3. The first-order chi connectivity index (χ1) is 26.0. The standard InChI is InChI=1S/C44H47ClFN3O5.ClH/c1-44(2,3)28-49-37-20-19-33(45)24-35(37)41(54-39(43(49)51)25-40(50)48-27-32-13-7-8-15-36(32)46)34-14-9-16-38(42(34)52-4)53-22-10-21-47-26-29-17-18-30-11-5-6-12-31(30)23-29;/h5-9,11-20,23-24,39,41,47H,10,21-22,25-28H2,1-4H3,(H,48,50);1H/t39-,41-;/m1./s1. The summed E-state index contributed by atoms with van der Waals surface area (Å²) in [7, 11) is 1.57. The molecule has 11 heteroatoms. The highest BCUT2D eigenvalue weighted by Gasteiger charge is 2.40. The second-order valence-corrected chi connectivity index (χ2v) is 15.1. The smallest absolute Gasteiger partial charge is 0.256 e. The number of anilines is 1. The summed E-state index contributed by atoms with van der Waals surface area (Å²) in [6, 6.07) is 32.0. The van der Waals surface area contributed by atoms with Crippen molar-refractivity contribution in [1.82, 2.24) is 10.6 Å². The molecule has 5 aromatic rings. The van der Waals surface area contributed by atoms with Crippen molar-refractivity contribution in [2.75, 3.05) is 31.7 Å². The zero-order chi connectivity index (χ0) is 38.2. The molecule has 2 N–H and O–H groups in total. The zero-order valence-corrected chi connectivity index (χ0v) is 33.1. The first-order valence-corrected chi connectivity index (χ1v) is 18.6. The van der Waals surface area contributed by atoms with Crippen molar-refractivity contribution in [3.8, 4) is 11.5 Å². The van der Waals surface area contributed by atoms with Crippen LogP contribution in [0.15, 0.2) is 103 Å². The van der Waals surface area contributed by atoms with Crippen molar-refractivity contribution in [2.24, 2.45) is 5.41 Å². The fraction of sp³-hybridized carbons (Fsp3) is 0.318. The molecule has 0 spiro atoms.